The number of hydrogen-bond acceptors (Lipinski definition) is 3. The molecule has 2 N–H and O–H groups in total. The maximum Gasteiger partial charge on any atom is 0.315 e. The van der Waals surface area contributed by atoms with Crippen LogP contribution in [0.2, 0.25) is 0 Å². The van der Waals surface area contributed by atoms with Gasteiger partial charge in [0.25, 0.3) is 0 Å². The molecule has 5 heteroatoms. The number of nitrogens with zero attached hydrogens (tertiary/aromatic N) is 1. The second-order valence-electron chi connectivity index (χ2n) is 7.16. The number of ether oxygens (including phenoxy) is 1. The third kappa shape index (κ3) is 6.13. The molecule has 0 saturated carbocycles. The van der Waals surface area contributed by atoms with Crippen LogP contribution < -0.4 is 10.6 Å². The number of urea groups is 1. The summed E-state index contributed by atoms with van der Waals surface area (Å²) in [4.78, 5) is 14.5. The van der Waals surface area contributed by atoms with Crippen LogP contribution in [-0.2, 0) is 11.2 Å². The van der Waals surface area contributed by atoms with Gasteiger partial charge in [0.05, 0.1) is 13.2 Å². The molecule has 1 saturated heterocycles. The van der Waals surface area contributed by atoms with Gasteiger partial charge in [0.15, 0.2) is 0 Å². The molecule has 2 amide bonds. The lowest BCUT2D eigenvalue weighted by atomic mass is 10.0. The van der Waals surface area contributed by atoms with E-state index in [2.05, 4.69) is 48.4 Å². The third-order valence-corrected chi connectivity index (χ3v) is 4.64. The summed E-state index contributed by atoms with van der Waals surface area (Å²) in [7, 11) is 0. The largest absolute Gasteiger partial charge is 0.379 e. The number of rotatable bonds is 7. The third-order valence-electron chi connectivity index (χ3n) is 4.64. The van der Waals surface area contributed by atoms with Crippen molar-refractivity contribution >= 4 is 6.03 Å². The number of amides is 2. The number of nitrogens with one attached hydrogen (secondary N) is 2. The number of aryl methyl sites for hydroxylation is 1. The Morgan fingerprint density at radius 2 is 1.92 bits per heavy atom. The van der Waals surface area contributed by atoms with E-state index in [9.17, 15) is 4.79 Å². The van der Waals surface area contributed by atoms with Crippen molar-refractivity contribution in [3.05, 3.63) is 35.9 Å². The summed E-state index contributed by atoms with van der Waals surface area (Å²) >= 11 is 0. The van der Waals surface area contributed by atoms with Crippen LogP contribution in [0, 0.1) is 0 Å². The molecule has 1 aliphatic heterocycles. The van der Waals surface area contributed by atoms with Gasteiger partial charge < -0.3 is 15.4 Å². The maximum absolute atomic E-state index is 12.1. The van der Waals surface area contributed by atoms with Gasteiger partial charge in [-0.05, 0) is 39.2 Å². The number of benzene rings is 1. The first-order valence-corrected chi connectivity index (χ1v) is 8.88. The number of hydrogen-bond donors (Lipinski definition) is 2. The summed E-state index contributed by atoms with van der Waals surface area (Å²) in [6.45, 7) is 10.4. The molecule has 134 valence electrons. The van der Waals surface area contributed by atoms with Crippen molar-refractivity contribution in [2.24, 2.45) is 0 Å². The predicted octanol–water partition coefficient (Wildman–Crippen LogP) is 2.42. The van der Waals surface area contributed by atoms with Crippen LogP contribution in [0.5, 0.6) is 0 Å². The fourth-order valence-corrected chi connectivity index (χ4v) is 2.95. The molecule has 0 aromatic heterocycles. The zero-order chi connectivity index (χ0) is 17.4. The Morgan fingerprint density at radius 3 is 2.58 bits per heavy atom. The Kier molecular flexibility index (Phi) is 7.06. The molecule has 0 bridgehead atoms. The highest BCUT2D eigenvalue weighted by molar-refractivity contribution is 5.74. The molecule has 0 aliphatic carbocycles. The second-order valence-corrected chi connectivity index (χ2v) is 7.16. The summed E-state index contributed by atoms with van der Waals surface area (Å²) in [5.74, 6) is 0. The van der Waals surface area contributed by atoms with Crippen LogP contribution in [-0.4, -0.2) is 55.4 Å². The van der Waals surface area contributed by atoms with Gasteiger partial charge in [0.1, 0.15) is 0 Å². The van der Waals surface area contributed by atoms with Crippen LogP contribution >= 0.6 is 0 Å². The first-order valence-electron chi connectivity index (χ1n) is 8.88. The van der Waals surface area contributed by atoms with E-state index in [-0.39, 0.29) is 17.6 Å². The summed E-state index contributed by atoms with van der Waals surface area (Å²) in [6.07, 6.45) is 1.91. The summed E-state index contributed by atoms with van der Waals surface area (Å²) < 4.78 is 5.40. The van der Waals surface area contributed by atoms with Crippen molar-refractivity contribution in [1.29, 1.82) is 0 Å². The monoisotopic (exact) mass is 333 g/mol. The summed E-state index contributed by atoms with van der Waals surface area (Å²) in [5, 5.41) is 6.05. The lowest BCUT2D eigenvalue weighted by Crippen LogP contribution is -2.56. The fraction of sp³-hybridized carbons (Fsp3) is 0.632. The Balaban J connectivity index is 1.68. The van der Waals surface area contributed by atoms with Gasteiger partial charge in [-0.2, -0.15) is 0 Å². The molecule has 1 atom stereocenters. The van der Waals surface area contributed by atoms with Gasteiger partial charge in [0, 0.05) is 31.2 Å². The Morgan fingerprint density at radius 1 is 1.25 bits per heavy atom. The highest BCUT2D eigenvalue weighted by Gasteiger charge is 2.28. The Bertz CT molecular complexity index is 499. The van der Waals surface area contributed by atoms with Gasteiger partial charge in [-0.15, -0.1) is 0 Å². The van der Waals surface area contributed by atoms with E-state index >= 15 is 0 Å². The van der Waals surface area contributed by atoms with E-state index in [0.29, 0.717) is 6.54 Å². The molecule has 0 spiro atoms. The van der Waals surface area contributed by atoms with Crippen LogP contribution in [0.15, 0.2) is 30.3 Å². The molecule has 5 nitrogen and oxygen atoms in total. The lowest BCUT2D eigenvalue weighted by Gasteiger charge is -2.40. The van der Waals surface area contributed by atoms with Gasteiger partial charge in [-0.25, -0.2) is 4.79 Å². The second kappa shape index (κ2) is 9.04. The first-order chi connectivity index (χ1) is 11.5. The normalized spacial score (nSPS) is 17.3. The smallest absolute Gasteiger partial charge is 0.315 e. The van der Waals surface area contributed by atoms with Crippen LogP contribution in [0.4, 0.5) is 4.79 Å². The van der Waals surface area contributed by atoms with E-state index in [4.69, 9.17) is 4.74 Å². The Hall–Kier alpha value is -1.59. The molecule has 1 heterocycles. The van der Waals surface area contributed by atoms with Gasteiger partial charge in [-0.1, -0.05) is 30.3 Å². The minimum Gasteiger partial charge on any atom is -0.379 e. The molecule has 1 aromatic carbocycles. The van der Waals surface area contributed by atoms with Crippen LogP contribution in [0.25, 0.3) is 0 Å². The van der Waals surface area contributed by atoms with Gasteiger partial charge in [0.2, 0.25) is 0 Å². The summed E-state index contributed by atoms with van der Waals surface area (Å²) in [5.41, 5.74) is 1.24. The van der Waals surface area contributed by atoms with Crippen molar-refractivity contribution in [3.63, 3.8) is 0 Å². The van der Waals surface area contributed by atoms with Crippen LogP contribution in [0.3, 0.4) is 0 Å². The zero-order valence-electron chi connectivity index (χ0n) is 15.2. The SMILES string of the molecule is CC(CCc1ccccc1)NC(=O)NCC(C)(C)N1CCOCC1. The topological polar surface area (TPSA) is 53.6 Å². The van der Waals surface area contributed by atoms with E-state index in [0.717, 1.165) is 39.1 Å². The zero-order valence-corrected chi connectivity index (χ0v) is 15.2. The van der Waals surface area contributed by atoms with Crippen molar-refractivity contribution in [3.8, 4) is 0 Å². The minimum absolute atomic E-state index is 0.0611. The highest BCUT2D eigenvalue weighted by Crippen LogP contribution is 2.15. The van der Waals surface area contributed by atoms with Gasteiger partial charge in [-0.3, -0.25) is 4.90 Å². The van der Waals surface area contributed by atoms with E-state index in [1.165, 1.54) is 5.56 Å². The lowest BCUT2D eigenvalue weighted by molar-refractivity contribution is -0.00876. The number of carbonyl (C=O) groups is 1. The van der Waals surface area contributed by atoms with E-state index < -0.39 is 0 Å². The Labute approximate surface area is 145 Å². The quantitative estimate of drug-likeness (QED) is 0.806. The first kappa shape index (κ1) is 18.7. The van der Waals surface area contributed by atoms with E-state index in [1.807, 2.05) is 18.2 Å². The average molecular weight is 333 g/mol. The predicted molar refractivity (Wildman–Crippen MR) is 97.2 cm³/mol. The molecule has 1 aliphatic rings. The van der Waals surface area contributed by atoms with E-state index in [1.54, 1.807) is 0 Å². The number of carbonyl (C=O) groups excluding carboxylic acids is 1. The standard InChI is InChI=1S/C19H31N3O2/c1-16(9-10-17-7-5-4-6-8-17)21-18(23)20-15-19(2,3)22-11-13-24-14-12-22/h4-8,16H,9-15H2,1-3H3,(H2,20,21,23). The fourth-order valence-electron chi connectivity index (χ4n) is 2.95. The van der Waals surface area contributed by atoms with Gasteiger partial charge >= 0.3 is 6.03 Å². The molecular formula is C19H31N3O2. The number of morpholine rings is 1. The average Bonchev–Trinajstić information content (AvgIpc) is 2.60. The molecule has 2 rings (SSSR count). The maximum atomic E-state index is 12.1. The van der Waals surface area contributed by atoms with Crippen molar-refractivity contribution < 1.29 is 9.53 Å². The molecule has 0 radical (unpaired) electrons. The molecule has 24 heavy (non-hydrogen) atoms. The van der Waals surface area contributed by atoms with Crippen molar-refractivity contribution in [1.82, 2.24) is 15.5 Å². The molecular weight excluding hydrogens is 302 g/mol. The van der Waals surface area contributed by atoms with Crippen molar-refractivity contribution in [2.45, 2.75) is 45.2 Å². The van der Waals surface area contributed by atoms with Crippen molar-refractivity contribution in [2.75, 3.05) is 32.8 Å². The minimum atomic E-state index is -0.0862. The molecule has 1 aromatic rings. The molecule has 1 unspecified atom stereocenters. The molecule has 1 fully saturated rings. The highest BCUT2D eigenvalue weighted by atomic mass is 16.5. The summed E-state index contributed by atoms with van der Waals surface area (Å²) in [6, 6.07) is 10.4. The van der Waals surface area contributed by atoms with Crippen LogP contribution in [0.1, 0.15) is 32.8 Å².